The third-order valence-electron chi connectivity index (χ3n) is 3.73. The molecule has 1 atom stereocenters. The van der Waals surface area contributed by atoms with Gasteiger partial charge in [-0.3, -0.25) is 4.90 Å². The average molecular weight is 330 g/mol. The van der Waals surface area contributed by atoms with Gasteiger partial charge in [-0.05, 0) is 25.8 Å². The zero-order valence-electron chi connectivity index (χ0n) is 11.2. The lowest BCUT2D eigenvalue weighted by Gasteiger charge is -2.39. The van der Waals surface area contributed by atoms with Crippen molar-refractivity contribution in [2.75, 3.05) is 12.3 Å². The molecule has 2 N–H and O–H groups in total. The van der Waals surface area contributed by atoms with Crippen LogP contribution >= 0.6 is 23.7 Å². The first-order valence-electron chi connectivity index (χ1n) is 6.41. The van der Waals surface area contributed by atoms with E-state index in [-0.39, 0.29) is 31.8 Å². The molecule has 0 saturated carbocycles. The summed E-state index contributed by atoms with van der Waals surface area (Å²) in [5.74, 6) is 0. The molecule has 0 spiro atoms. The molecule has 1 aromatic heterocycles. The zero-order valence-corrected chi connectivity index (χ0v) is 12.9. The molecule has 116 valence electrons. The van der Waals surface area contributed by atoms with E-state index >= 15 is 0 Å². The van der Waals surface area contributed by atoms with Gasteiger partial charge in [0.05, 0.1) is 0 Å². The van der Waals surface area contributed by atoms with E-state index in [2.05, 4.69) is 4.98 Å². The number of anilines is 1. The summed E-state index contributed by atoms with van der Waals surface area (Å²) in [6.45, 7) is 2.57. The van der Waals surface area contributed by atoms with Crippen LogP contribution < -0.4 is 5.73 Å². The second-order valence-corrected chi connectivity index (χ2v) is 6.12. The second-order valence-electron chi connectivity index (χ2n) is 4.97. The Morgan fingerprint density at radius 1 is 1.50 bits per heavy atom. The summed E-state index contributed by atoms with van der Waals surface area (Å²) < 4.78 is 40.4. The van der Waals surface area contributed by atoms with Gasteiger partial charge in [-0.1, -0.05) is 13.3 Å². The van der Waals surface area contributed by atoms with Crippen LogP contribution in [-0.2, 0) is 6.54 Å². The van der Waals surface area contributed by atoms with Crippen molar-refractivity contribution < 1.29 is 13.2 Å². The van der Waals surface area contributed by atoms with Gasteiger partial charge >= 0.3 is 6.18 Å². The van der Waals surface area contributed by atoms with E-state index < -0.39 is 11.7 Å². The molecule has 0 bridgehead atoms. The maximum absolute atomic E-state index is 13.5. The normalized spacial score (nSPS) is 23.8. The van der Waals surface area contributed by atoms with Crippen LogP contribution in [0.2, 0.25) is 0 Å². The minimum atomic E-state index is -4.18. The molecule has 0 aliphatic carbocycles. The predicted molar refractivity (Wildman–Crippen MR) is 77.1 cm³/mol. The topological polar surface area (TPSA) is 42.2 Å². The Kier molecular flexibility index (Phi) is 5.69. The molecule has 1 fully saturated rings. The van der Waals surface area contributed by atoms with E-state index in [0.717, 1.165) is 4.88 Å². The van der Waals surface area contributed by atoms with E-state index in [0.29, 0.717) is 24.5 Å². The number of nitrogens with zero attached hydrogens (tertiary/aromatic N) is 2. The van der Waals surface area contributed by atoms with Gasteiger partial charge in [0.25, 0.3) is 0 Å². The maximum Gasteiger partial charge on any atom is 0.406 e. The smallest absolute Gasteiger partial charge is 0.375 e. The molecule has 0 aromatic carbocycles. The predicted octanol–water partition coefficient (Wildman–Crippen LogP) is 3.84. The summed E-state index contributed by atoms with van der Waals surface area (Å²) in [5.41, 5.74) is 3.87. The molecule has 3 nitrogen and oxygen atoms in total. The number of rotatable bonds is 4. The number of nitrogen functional groups attached to an aromatic ring is 1. The van der Waals surface area contributed by atoms with Crippen molar-refractivity contribution in [3.63, 3.8) is 0 Å². The zero-order chi connectivity index (χ0) is 14.1. The number of likely N-dealkylation sites (tertiary alicyclic amines) is 1. The Bertz CT molecular complexity index is 438. The standard InChI is InChI=1S/C12H18F3N3S.ClH/c1-2-4-11(12(13,14)15)5-3-6-18(11)8-9-7-17-10(16)19-9;/h7H,2-6,8H2,1H3,(H2,16,17);1H. The van der Waals surface area contributed by atoms with E-state index in [9.17, 15) is 13.2 Å². The van der Waals surface area contributed by atoms with Gasteiger partial charge in [0.15, 0.2) is 5.13 Å². The lowest BCUT2D eigenvalue weighted by atomic mass is 9.89. The van der Waals surface area contributed by atoms with Gasteiger partial charge in [0, 0.05) is 17.6 Å². The van der Waals surface area contributed by atoms with Crippen molar-refractivity contribution in [1.82, 2.24) is 9.88 Å². The maximum atomic E-state index is 13.5. The van der Waals surface area contributed by atoms with Crippen molar-refractivity contribution in [2.45, 2.75) is 50.9 Å². The summed E-state index contributed by atoms with van der Waals surface area (Å²) in [6.07, 6.45) is -1.14. The second kappa shape index (κ2) is 6.49. The summed E-state index contributed by atoms with van der Waals surface area (Å²) in [4.78, 5) is 6.26. The summed E-state index contributed by atoms with van der Waals surface area (Å²) in [7, 11) is 0. The van der Waals surface area contributed by atoms with E-state index in [1.165, 1.54) is 11.3 Å². The Balaban J connectivity index is 0.00000200. The third-order valence-corrected chi connectivity index (χ3v) is 4.54. The highest BCUT2D eigenvalue weighted by Gasteiger charge is 2.59. The van der Waals surface area contributed by atoms with Crippen LogP contribution in [0.3, 0.4) is 0 Å². The Labute approximate surface area is 126 Å². The van der Waals surface area contributed by atoms with Crippen LogP contribution in [0.1, 0.15) is 37.5 Å². The third kappa shape index (κ3) is 3.20. The molecule has 1 saturated heterocycles. The highest BCUT2D eigenvalue weighted by atomic mass is 35.5. The number of hydrogen-bond acceptors (Lipinski definition) is 4. The van der Waals surface area contributed by atoms with Crippen molar-refractivity contribution in [2.24, 2.45) is 0 Å². The van der Waals surface area contributed by atoms with Gasteiger partial charge in [0.2, 0.25) is 0 Å². The van der Waals surface area contributed by atoms with Gasteiger partial charge in [0.1, 0.15) is 5.54 Å². The van der Waals surface area contributed by atoms with Crippen molar-refractivity contribution >= 4 is 28.9 Å². The first kappa shape index (κ1) is 17.5. The fourth-order valence-electron chi connectivity index (χ4n) is 2.91. The minimum Gasteiger partial charge on any atom is -0.375 e. The van der Waals surface area contributed by atoms with Crippen LogP contribution in [0.25, 0.3) is 0 Å². The number of halogens is 4. The molecule has 20 heavy (non-hydrogen) atoms. The molecule has 2 heterocycles. The van der Waals surface area contributed by atoms with Crippen molar-refractivity contribution in [3.8, 4) is 0 Å². The fraction of sp³-hybridized carbons (Fsp3) is 0.750. The van der Waals surface area contributed by atoms with Crippen molar-refractivity contribution in [3.05, 3.63) is 11.1 Å². The Morgan fingerprint density at radius 2 is 2.20 bits per heavy atom. The van der Waals surface area contributed by atoms with Crippen LogP contribution in [-0.4, -0.2) is 28.1 Å². The quantitative estimate of drug-likeness (QED) is 0.912. The first-order chi connectivity index (χ1) is 8.89. The van der Waals surface area contributed by atoms with Gasteiger partial charge in [-0.2, -0.15) is 13.2 Å². The highest BCUT2D eigenvalue weighted by Crippen LogP contribution is 2.47. The molecule has 1 aromatic rings. The number of hydrogen-bond donors (Lipinski definition) is 1. The molecule has 0 amide bonds. The SMILES string of the molecule is CCCC1(C(F)(F)F)CCCN1Cc1cnc(N)s1.Cl. The Hall–Kier alpha value is -0.530. The monoisotopic (exact) mass is 329 g/mol. The number of alkyl halides is 3. The molecule has 1 aliphatic rings. The molecular weight excluding hydrogens is 311 g/mol. The summed E-state index contributed by atoms with van der Waals surface area (Å²) in [5, 5.41) is 0.405. The van der Waals surface area contributed by atoms with Crippen molar-refractivity contribution in [1.29, 1.82) is 0 Å². The Morgan fingerprint density at radius 3 is 2.70 bits per heavy atom. The van der Waals surface area contributed by atoms with Gasteiger partial charge < -0.3 is 5.73 Å². The molecule has 8 heteroatoms. The van der Waals surface area contributed by atoms with E-state index in [1.54, 1.807) is 18.0 Å². The molecular formula is C12H19ClF3N3S. The van der Waals surface area contributed by atoms with E-state index in [1.807, 2.05) is 0 Å². The molecule has 2 rings (SSSR count). The van der Waals surface area contributed by atoms with Crippen LogP contribution in [0.4, 0.5) is 18.3 Å². The van der Waals surface area contributed by atoms with Crippen LogP contribution in [0, 0.1) is 0 Å². The molecule has 0 radical (unpaired) electrons. The number of thiazole rings is 1. The van der Waals surface area contributed by atoms with Gasteiger partial charge in [-0.25, -0.2) is 4.98 Å². The van der Waals surface area contributed by atoms with Gasteiger partial charge in [-0.15, -0.1) is 23.7 Å². The lowest BCUT2D eigenvalue weighted by Crippen LogP contribution is -2.54. The summed E-state index contributed by atoms with van der Waals surface area (Å²) in [6, 6.07) is 0. The first-order valence-corrected chi connectivity index (χ1v) is 7.22. The highest BCUT2D eigenvalue weighted by molar-refractivity contribution is 7.15. The average Bonchev–Trinajstić information content (AvgIpc) is 2.87. The van der Waals surface area contributed by atoms with E-state index in [4.69, 9.17) is 5.73 Å². The number of aromatic nitrogens is 1. The summed E-state index contributed by atoms with van der Waals surface area (Å²) >= 11 is 1.26. The largest absolute Gasteiger partial charge is 0.406 e. The number of nitrogens with two attached hydrogens (primary N) is 1. The van der Waals surface area contributed by atoms with Crippen LogP contribution in [0.15, 0.2) is 6.20 Å². The molecule has 1 unspecified atom stereocenters. The van der Waals surface area contributed by atoms with Crippen LogP contribution in [0.5, 0.6) is 0 Å². The minimum absolute atomic E-state index is 0. The fourth-order valence-corrected chi connectivity index (χ4v) is 3.61. The molecule has 1 aliphatic heterocycles. The lowest BCUT2D eigenvalue weighted by molar-refractivity contribution is -0.227.